The van der Waals surface area contributed by atoms with E-state index in [1.165, 1.54) is 30.2 Å². The van der Waals surface area contributed by atoms with Gasteiger partial charge in [0.2, 0.25) is 0 Å². The van der Waals surface area contributed by atoms with Crippen LogP contribution in [0.3, 0.4) is 0 Å². The van der Waals surface area contributed by atoms with E-state index in [9.17, 15) is 4.39 Å². The van der Waals surface area contributed by atoms with Gasteiger partial charge < -0.3 is 20.3 Å². The van der Waals surface area contributed by atoms with Crippen LogP contribution >= 0.6 is 24.0 Å². The van der Waals surface area contributed by atoms with Gasteiger partial charge in [-0.3, -0.25) is 0 Å². The van der Waals surface area contributed by atoms with Gasteiger partial charge in [0.05, 0.1) is 19.2 Å². The zero-order chi connectivity index (χ0) is 21.3. The van der Waals surface area contributed by atoms with E-state index >= 15 is 0 Å². The Hall–Kier alpha value is -1.87. The van der Waals surface area contributed by atoms with Crippen LogP contribution in [0.2, 0.25) is 0 Å². The zero-order valence-corrected chi connectivity index (χ0v) is 21.0. The molecule has 1 unspecified atom stereocenters. The first kappa shape index (κ1) is 25.4. The standard InChI is InChI=1S/C24H33FN4O.HI/c1-4-26-24(27-16-19-10-11-23(25)21(14-19)17-30-3)28-18(2)20-8-7-9-22(15-20)29-12-5-6-13-29;/h7-11,14-15,18H,4-6,12-13,16-17H2,1-3H3,(H2,26,27,28);1H. The Balaban J connectivity index is 0.00000341. The molecule has 7 heteroatoms. The Labute approximate surface area is 202 Å². The Morgan fingerprint density at radius 2 is 1.97 bits per heavy atom. The lowest BCUT2D eigenvalue weighted by atomic mass is 10.1. The number of benzene rings is 2. The lowest BCUT2D eigenvalue weighted by Gasteiger charge is -2.22. The highest BCUT2D eigenvalue weighted by Gasteiger charge is 2.14. The number of nitrogens with one attached hydrogen (secondary N) is 2. The monoisotopic (exact) mass is 540 g/mol. The Morgan fingerprint density at radius 3 is 2.68 bits per heavy atom. The molecule has 2 aromatic rings. The molecule has 1 saturated heterocycles. The average Bonchev–Trinajstić information content (AvgIpc) is 3.29. The van der Waals surface area contributed by atoms with Crippen LogP contribution in [0.1, 0.15) is 49.4 Å². The molecule has 0 aromatic heterocycles. The molecule has 0 radical (unpaired) electrons. The fraction of sp³-hybridized carbons (Fsp3) is 0.458. The summed E-state index contributed by atoms with van der Waals surface area (Å²) in [5, 5.41) is 6.80. The van der Waals surface area contributed by atoms with Gasteiger partial charge in [0, 0.05) is 38.0 Å². The fourth-order valence-electron chi connectivity index (χ4n) is 3.74. The second-order valence-electron chi connectivity index (χ2n) is 7.71. The summed E-state index contributed by atoms with van der Waals surface area (Å²) in [6, 6.07) is 13.9. The molecular weight excluding hydrogens is 506 g/mol. The molecule has 170 valence electrons. The van der Waals surface area contributed by atoms with Crippen LogP contribution in [-0.2, 0) is 17.9 Å². The number of aliphatic imine (C=N–C) groups is 1. The lowest BCUT2D eigenvalue weighted by Crippen LogP contribution is -2.38. The molecule has 0 spiro atoms. The maximum atomic E-state index is 13.8. The first-order valence-corrected chi connectivity index (χ1v) is 10.8. The quantitative estimate of drug-likeness (QED) is 0.281. The highest BCUT2D eigenvalue weighted by molar-refractivity contribution is 14.0. The summed E-state index contributed by atoms with van der Waals surface area (Å²) in [7, 11) is 1.57. The SMILES string of the molecule is CCNC(=NCc1ccc(F)c(COC)c1)NC(C)c1cccc(N2CCCC2)c1.I. The van der Waals surface area contributed by atoms with E-state index in [0.29, 0.717) is 12.1 Å². The van der Waals surface area contributed by atoms with Gasteiger partial charge in [-0.05, 0) is 62.1 Å². The van der Waals surface area contributed by atoms with Crippen molar-refractivity contribution >= 4 is 35.6 Å². The molecule has 0 amide bonds. The van der Waals surface area contributed by atoms with Crippen LogP contribution in [0.25, 0.3) is 0 Å². The van der Waals surface area contributed by atoms with Crippen molar-refractivity contribution in [2.45, 2.75) is 45.9 Å². The summed E-state index contributed by atoms with van der Waals surface area (Å²) in [4.78, 5) is 7.15. The predicted molar refractivity (Wildman–Crippen MR) is 137 cm³/mol. The normalized spacial score (nSPS) is 14.8. The number of rotatable bonds is 8. The van der Waals surface area contributed by atoms with Crippen molar-refractivity contribution in [3.63, 3.8) is 0 Å². The van der Waals surface area contributed by atoms with Crippen molar-refractivity contribution in [1.82, 2.24) is 10.6 Å². The number of halogens is 2. The largest absolute Gasteiger partial charge is 0.380 e. The molecule has 1 heterocycles. The van der Waals surface area contributed by atoms with Crippen LogP contribution in [0.4, 0.5) is 10.1 Å². The highest BCUT2D eigenvalue weighted by atomic mass is 127. The maximum Gasteiger partial charge on any atom is 0.192 e. The van der Waals surface area contributed by atoms with Crippen LogP contribution in [0, 0.1) is 5.82 Å². The highest BCUT2D eigenvalue weighted by Crippen LogP contribution is 2.24. The van der Waals surface area contributed by atoms with Gasteiger partial charge in [-0.2, -0.15) is 0 Å². The summed E-state index contributed by atoms with van der Waals surface area (Å²) >= 11 is 0. The first-order valence-electron chi connectivity index (χ1n) is 10.8. The number of guanidine groups is 1. The van der Waals surface area contributed by atoms with Crippen molar-refractivity contribution in [2.24, 2.45) is 4.99 Å². The van der Waals surface area contributed by atoms with E-state index in [0.717, 1.165) is 31.2 Å². The molecule has 0 saturated carbocycles. The Morgan fingerprint density at radius 1 is 1.19 bits per heavy atom. The molecule has 3 rings (SSSR count). The molecule has 1 atom stereocenters. The molecule has 2 N–H and O–H groups in total. The predicted octanol–water partition coefficient (Wildman–Crippen LogP) is 5.01. The van der Waals surface area contributed by atoms with E-state index in [-0.39, 0.29) is 42.4 Å². The molecule has 5 nitrogen and oxygen atoms in total. The minimum absolute atomic E-state index is 0. The zero-order valence-electron chi connectivity index (χ0n) is 18.7. The molecular formula is C24H34FIN4O. The van der Waals surface area contributed by atoms with E-state index in [1.807, 2.05) is 13.0 Å². The van der Waals surface area contributed by atoms with Crippen molar-refractivity contribution in [1.29, 1.82) is 0 Å². The van der Waals surface area contributed by atoms with Gasteiger partial charge in [0.1, 0.15) is 5.82 Å². The summed E-state index contributed by atoms with van der Waals surface area (Å²) in [5.74, 6) is 0.496. The topological polar surface area (TPSA) is 48.9 Å². The van der Waals surface area contributed by atoms with E-state index in [2.05, 4.69) is 46.7 Å². The smallest absolute Gasteiger partial charge is 0.192 e. The second kappa shape index (κ2) is 12.9. The third kappa shape index (κ3) is 7.35. The van der Waals surface area contributed by atoms with Crippen LogP contribution in [0.5, 0.6) is 0 Å². The van der Waals surface area contributed by atoms with Crippen LogP contribution < -0.4 is 15.5 Å². The Kier molecular flexibility index (Phi) is 10.5. The lowest BCUT2D eigenvalue weighted by molar-refractivity contribution is 0.181. The Bertz CT molecular complexity index is 855. The van der Waals surface area contributed by atoms with Gasteiger partial charge in [0.15, 0.2) is 5.96 Å². The van der Waals surface area contributed by atoms with Gasteiger partial charge in [-0.15, -0.1) is 24.0 Å². The van der Waals surface area contributed by atoms with Crippen molar-refractivity contribution in [3.8, 4) is 0 Å². The van der Waals surface area contributed by atoms with E-state index in [4.69, 9.17) is 9.73 Å². The number of hydrogen-bond donors (Lipinski definition) is 2. The number of ether oxygens (including phenoxy) is 1. The minimum Gasteiger partial charge on any atom is -0.380 e. The number of methoxy groups -OCH3 is 1. The fourth-order valence-corrected chi connectivity index (χ4v) is 3.74. The summed E-state index contributed by atoms with van der Waals surface area (Å²) < 4.78 is 18.9. The molecule has 1 fully saturated rings. The number of nitrogens with zero attached hydrogens (tertiary/aromatic N) is 2. The van der Waals surface area contributed by atoms with Crippen molar-refractivity contribution in [2.75, 3.05) is 31.6 Å². The first-order chi connectivity index (χ1) is 14.6. The molecule has 2 aromatic carbocycles. The molecule has 0 bridgehead atoms. The minimum atomic E-state index is -0.249. The van der Waals surface area contributed by atoms with Crippen LogP contribution in [0.15, 0.2) is 47.5 Å². The molecule has 1 aliphatic heterocycles. The second-order valence-corrected chi connectivity index (χ2v) is 7.71. The van der Waals surface area contributed by atoms with Gasteiger partial charge >= 0.3 is 0 Å². The molecule has 1 aliphatic rings. The maximum absolute atomic E-state index is 13.8. The molecule has 31 heavy (non-hydrogen) atoms. The third-order valence-electron chi connectivity index (χ3n) is 5.37. The van der Waals surface area contributed by atoms with Gasteiger partial charge in [-0.25, -0.2) is 9.38 Å². The van der Waals surface area contributed by atoms with E-state index in [1.54, 1.807) is 13.2 Å². The van der Waals surface area contributed by atoms with Crippen molar-refractivity contribution in [3.05, 3.63) is 65.0 Å². The van der Waals surface area contributed by atoms with E-state index < -0.39 is 0 Å². The summed E-state index contributed by atoms with van der Waals surface area (Å²) in [6.07, 6.45) is 2.54. The van der Waals surface area contributed by atoms with Crippen LogP contribution in [-0.4, -0.2) is 32.7 Å². The number of hydrogen-bond acceptors (Lipinski definition) is 3. The number of anilines is 1. The van der Waals surface area contributed by atoms with Crippen molar-refractivity contribution < 1.29 is 9.13 Å². The summed E-state index contributed by atoms with van der Waals surface area (Å²) in [6.45, 7) is 7.95. The third-order valence-corrected chi connectivity index (χ3v) is 5.37. The van der Waals surface area contributed by atoms with Gasteiger partial charge in [0.25, 0.3) is 0 Å². The molecule has 0 aliphatic carbocycles. The van der Waals surface area contributed by atoms with Gasteiger partial charge in [-0.1, -0.05) is 18.2 Å². The summed E-state index contributed by atoms with van der Waals surface area (Å²) in [5.41, 5.74) is 4.02. The average molecular weight is 540 g/mol.